The minimum Gasteiger partial charge on any atom is -0.452 e. The largest absolute Gasteiger partial charge is 0.452 e. The van der Waals surface area contributed by atoms with Crippen LogP contribution in [0.15, 0.2) is 29.2 Å². The van der Waals surface area contributed by atoms with Crippen LogP contribution in [0, 0.1) is 17.2 Å². The molecule has 1 rings (SSSR count). The summed E-state index contributed by atoms with van der Waals surface area (Å²) in [4.78, 5) is 23.8. The number of amides is 1. The van der Waals surface area contributed by atoms with E-state index < -0.39 is 34.0 Å². The fourth-order valence-electron chi connectivity index (χ4n) is 1.75. The molecule has 1 aromatic carbocycles. The van der Waals surface area contributed by atoms with Crippen LogP contribution in [0.1, 0.15) is 31.1 Å². The molecule has 0 bridgehead atoms. The molecule has 8 nitrogen and oxygen atoms in total. The summed E-state index contributed by atoms with van der Waals surface area (Å²) in [5.41, 5.74) is -1.08. The second kappa shape index (κ2) is 8.09. The normalized spacial score (nSPS) is 13.6. The Morgan fingerprint density at radius 1 is 1.36 bits per heavy atom. The molecular weight excluding hydrogens is 346 g/mol. The van der Waals surface area contributed by atoms with Gasteiger partial charge in [0.2, 0.25) is 10.0 Å². The zero-order valence-corrected chi connectivity index (χ0v) is 15.3. The van der Waals surface area contributed by atoms with Crippen molar-refractivity contribution in [3.05, 3.63) is 29.8 Å². The third kappa shape index (κ3) is 5.27. The van der Waals surface area contributed by atoms with Crippen LogP contribution < -0.4 is 10.0 Å². The molecule has 0 spiro atoms. The number of rotatable bonds is 7. The third-order valence-corrected chi connectivity index (χ3v) is 5.18. The van der Waals surface area contributed by atoms with Gasteiger partial charge in [-0.3, -0.25) is 4.79 Å². The average molecular weight is 367 g/mol. The van der Waals surface area contributed by atoms with Gasteiger partial charge >= 0.3 is 5.97 Å². The Bertz CT molecular complexity index is 798. The van der Waals surface area contributed by atoms with E-state index in [1.807, 2.05) is 6.07 Å². The summed E-state index contributed by atoms with van der Waals surface area (Å²) in [6.45, 7) is 4.56. The Morgan fingerprint density at radius 2 is 2.00 bits per heavy atom. The lowest BCUT2D eigenvalue weighted by atomic mass is 9.90. The minimum absolute atomic E-state index is 0.00368. The number of benzene rings is 1. The number of nitrogens with one attached hydrogen (secondary N) is 2. The van der Waals surface area contributed by atoms with Crippen molar-refractivity contribution in [2.24, 2.45) is 5.92 Å². The van der Waals surface area contributed by atoms with E-state index in [4.69, 9.17) is 10.00 Å². The van der Waals surface area contributed by atoms with Crippen LogP contribution in [0.2, 0.25) is 0 Å². The summed E-state index contributed by atoms with van der Waals surface area (Å²) < 4.78 is 30.5. The van der Waals surface area contributed by atoms with Crippen molar-refractivity contribution in [3.63, 3.8) is 0 Å². The predicted molar refractivity (Wildman–Crippen MR) is 90.0 cm³/mol. The molecule has 136 valence electrons. The van der Waals surface area contributed by atoms with Crippen molar-refractivity contribution in [2.75, 3.05) is 13.7 Å². The number of sulfonamides is 1. The summed E-state index contributed by atoms with van der Waals surface area (Å²) in [7, 11) is -2.44. The summed E-state index contributed by atoms with van der Waals surface area (Å²) >= 11 is 0. The molecule has 1 aromatic rings. The zero-order chi connectivity index (χ0) is 19.3. The van der Waals surface area contributed by atoms with Crippen LogP contribution in [0.25, 0.3) is 0 Å². The maximum atomic E-state index is 12.0. The first-order valence-corrected chi connectivity index (χ1v) is 8.97. The van der Waals surface area contributed by atoms with Gasteiger partial charge in [0.05, 0.1) is 16.5 Å². The maximum Gasteiger partial charge on any atom is 0.338 e. The van der Waals surface area contributed by atoms with Gasteiger partial charge in [-0.05, 0) is 38.1 Å². The monoisotopic (exact) mass is 367 g/mol. The van der Waals surface area contributed by atoms with Gasteiger partial charge in [-0.1, -0.05) is 19.9 Å². The molecule has 25 heavy (non-hydrogen) atoms. The summed E-state index contributed by atoms with van der Waals surface area (Å²) in [5, 5.41) is 11.7. The molecule has 0 unspecified atom stereocenters. The molecule has 0 aliphatic heterocycles. The van der Waals surface area contributed by atoms with E-state index in [2.05, 4.69) is 10.0 Å². The molecule has 0 fully saturated rings. The number of nitrogens with zero attached hydrogens (tertiary/aromatic N) is 1. The number of esters is 1. The molecule has 0 aliphatic carbocycles. The van der Waals surface area contributed by atoms with Crippen molar-refractivity contribution >= 4 is 21.9 Å². The minimum atomic E-state index is -3.70. The number of carbonyl (C=O) groups is 2. The van der Waals surface area contributed by atoms with E-state index in [0.29, 0.717) is 0 Å². The van der Waals surface area contributed by atoms with Crippen molar-refractivity contribution in [2.45, 2.75) is 31.2 Å². The molecule has 0 aromatic heterocycles. The first kappa shape index (κ1) is 20.6. The topological polar surface area (TPSA) is 125 Å². The van der Waals surface area contributed by atoms with E-state index in [9.17, 15) is 18.0 Å². The Labute approximate surface area is 147 Å². The molecule has 0 saturated heterocycles. The van der Waals surface area contributed by atoms with Gasteiger partial charge in [0.25, 0.3) is 5.91 Å². The van der Waals surface area contributed by atoms with Gasteiger partial charge in [-0.2, -0.15) is 5.26 Å². The smallest absolute Gasteiger partial charge is 0.338 e. The van der Waals surface area contributed by atoms with Gasteiger partial charge in [0, 0.05) is 0 Å². The van der Waals surface area contributed by atoms with E-state index in [-0.39, 0.29) is 16.4 Å². The Balaban J connectivity index is 2.77. The quantitative estimate of drug-likeness (QED) is 0.687. The summed E-state index contributed by atoms with van der Waals surface area (Å²) in [5.74, 6) is -1.60. The molecular formula is C16H21N3O5S. The van der Waals surface area contributed by atoms with Crippen LogP contribution in [-0.2, 0) is 19.6 Å². The van der Waals surface area contributed by atoms with E-state index in [0.717, 1.165) is 6.07 Å². The van der Waals surface area contributed by atoms with Crippen LogP contribution in [0.4, 0.5) is 0 Å². The maximum absolute atomic E-state index is 12.0. The molecule has 9 heteroatoms. The first-order chi connectivity index (χ1) is 11.6. The summed E-state index contributed by atoms with van der Waals surface area (Å²) in [6.07, 6.45) is 0. The lowest BCUT2D eigenvalue weighted by Crippen LogP contribution is -2.50. The Morgan fingerprint density at radius 3 is 2.52 bits per heavy atom. The lowest BCUT2D eigenvalue weighted by molar-refractivity contribution is -0.125. The standard InChI is InChI=1S/C16H21N3O5S/c1-11(2)16(3,10-17)19-14(20)9-24-15(21)12-6-5-7-13(8-12)25(22,23)18-4/h5-8,11,18H,9H2,1-4H3,(H,19,20)/t16-/m0/s1. The Kier molecular flexibility index (Phi) is 6.67. The average Bonchev–Trinajstić information content (AvgIpc) is 2.59. The lowest BCUT2D eigenvalue weighted by Gasteiger charge is -2.27. The number of hydrogen-bond acceptors (Lipinski definition) is 6. The molecule has 2 N–H and O–H groups in total. The molecule has 1 atom stereocenters. The highest BCUT2D eigenvalue weighted by Gasteiger charge is 2.30. The number of hydrogen-bond donors (Lipinski definition) is 2. The van der Waals surface area contributed by atoms with Crippen molar-refractivity contribution < 1.29 is 22.7 Å². The van der Waals surface area contributed by atoms with Crippen molar-refractivity contribution in [1.29, 1.82) is 5.26 Å². The predicted octanol–water partition coefficient (Wildman–Crippen LogP) is 0.806. The van der Waals surface area contributed by atoms with Crippen LogP contribution in [-0.4, -0.2) is 39.5 Å². The second-order valence-electron chi connectivity index (χ2n) is 5.83. The van der Waals surface area contributed by atoms with E-state index in [1.54, 1.807) is 20.8 Å². The van der Waals surface area contributed by atoms with Gasteiger partial charge in [-0.15, -0.1) is 0 Å². The zero-order valence-electron chi connectivity index (χ0n) is 14.5. The molecule has 0 radical (unpaired) electrons. The van der Waals surface area contributed by atoms with Crippen molar-refractivity contribution in [3.8, 4) is 6.07 Å². The van der Waals surface area contributed by atoms with Crippen molar-refractivity contribution in [1.82, 2.24) is 10.0 Å². The first-order valence-electron chi connectivity index (χ1n) is 7.48. The van der Waals surface area contributed by atoms with Crippen LogP contribution in [0.3, 0.4) is 0 Å². The van der Waals surface area contributed by atoms with Gasteiger partial charge in [0.15, 0.2) is 6.61 Å². The molecule has 0 aliphatic rings. The molecule has 0 saturated carbocycles. The number of ether oxygens (including phenoxy) is 1. The second-order valence-corrected chi connectivity index (χ2v) is 7.72. The van der Waals surface area contributed by atoms with E-state index >= 15 is 0 Å². The highest BCUT2D eigenvalue weighted by Crippen LogP contribution is 2.15. The SMILES string of the molecule is CNS(=O)(=O)c1cccc(C(=O)OCC(=O)N[C@@](C)(C#N)C(C)C)c1. The number of carbonyl (C=O) groups excluding carboxylic acids is 2. The fraction of sp³-hybridized carbons (Fsp3) is 0.438. The van der Waals surface area contributed by atoms with Crippen LogP contribution >= 0.6 is 0 Å². The molecule has 0 heterocycles. The Hall–Kier alpha value is -2.44. The highest BCUT2D eigenvalue weighted by atomic mass is 32.2. The van der Waals surface area contributed by atoms with Gasteiger partial charge in [0.1, 0.15) is 5.54 Å². The van der Waals surface area contributed by atoms with Gasteiger partial charge in [-0.25, -0.2) is 17.9 Å². The third-order valence-electron chi connectivity index (χ3n) is 3.77. The number of nitriles is 1. The van der Waals surface area contributed by atoms with E-state index in [1.165, 1.54) is 25.2 Å². The van der Waals surface area contributed by atoms with Crippen LogP contribution in [0.5, 0.6) is 0 Å². The highest BCUT2D eigenvalue weighted by molar-refractivity contribution is 7.89. The fourth-order valence-corrected chi connectivity index (χ4v) is 2.53. The molecule has 1 amide bonds. The van der Waals surface area contributed by atoms with Gasteiger partial charge < -0.3 is 10.1 Å². The summed E-state index contributed by atoms with van der Waals surface area (Å²) in [6, 6.07) is 7.27.